The van der Waals surface area contributed by atoms with E-state index in [0.29, 0.717) is 62.9 Å². The van der Waals surface area contributed by atoms with E-state index in [1.807, 2.05) is 56.5 Å². The number of methoxy groups -OCH3 is 2. The van der Waals surface area contributed by atoms with Gasteiger partial charge < -0.3 is 83.1 Å². The molecule has 95 heavy (non-hydrogen) atoms. The fraction of sp³-hybridized carbons (Fsp3) is 0.627. The summed E-state index contributed by atoms with van der Waals surface area (Å²) in [7, 11) is 4.68. The number of hydrogen-bond acceptors (Lipinski definition) is 17. The van der Waals surface area contributed by atoms with Gasteiger partial charge in [0, 0.05) is 51.6 Å². The Bertz CT molecular complexity index is 2960. The van der Waals surface area contributed by atoms with Gasteiger partial charge in [0.05, 0.1) is 42.7 Å². The third kappa shape index (κ3) is 24.7. The summed E-state index contributed by atoms with van der Waals surface area (Å²) in [6.07, 6.45) is 1.83. The van der Waals surface area contributed by atoms with Crippen molar-refractivity contribution < 1.29 is 67.3 Å². The maximum absolute atomic E-state index is 14.7. The average Bonchev–Trinajstić information content (AvgIpc) is 1.81. The van der Waals surface area contributed by atoms with Crippen LogP contribution in [0.3, 0.4) is 0 Å². The highest BCUT2D eigenvalue weighted by Gasteiger charge is 2.44. The van der Waals surface area contributed by atoms with Crippen LogP contribution >= 0.6 is 11.3 Å². The molecular formula is C67H105N13O14S. The molecule has 0 saturated carbocycles. The van der Waals surface area contributed by atoms with Crippen molar-refractivity contribution in [2.75, 3.05) is 46.2 Å². The molecule has 0 bridgehead atoms. The minimum atomic E-state index is -1.60. The zero-order chi connectivity index (χ0) is 70.7. The van der Waals surface area contributed by atoms with Crippen LogP contribution in [0.2, 0.25) is 0 Å². The number of alkyl carbamates (subject to hydrolysis) is 1. The van der Waals surface area contributed by atoms with E-state index < -0.39 is 125 Å². The van der Waals surface area contributed by atoms with Crippen LogP contribution in [0.15, 0.2) is 66.2 Å². The van der Waals surface area contributed by atoms with Gasteiger partial charge in [-0.25, -0.2) is 14.6 Å². The Kier molecular flexibility index (Phi) is 32.9. The van der Waals surface area contributed by atoms with E-state index in [9.17, 15) is 53.1 Å². The van der Waals surface area contributed by atoms with Crippen LogP contribution < -0.4 is 54.0 Å². The lowest BCUT2D eigenvalue weighted by Crippen LogP contribution is -2.62. The van der Waals surface area contributed by atoms with Gasteiger partial charge in [-0.2, -0.15) is 0 Å². The molecule has 0 spiro atoms. The number of carbonyl (C=O) groups is 10. The molecule has 1 aliphatic heterocycles. The second kappa shape index (κ2) is 39.3. The number of carbonyl (C=O) groups excluding carboxylic acids is 10. The smallest absolute Gasteiger partial charge is 0.408 e. The van der Waals surface area contributed by atoms with E-state index in [1.165, 1.54) is 44.1 Å². The standard InChI is InChI=1S/C67H105N13O14S/c1-14-41(6)55(51(92-12)37-52(82)80-34-21-26-50(80)56(93-13)42(7)57(83)75-49(62-70-33-35-95-62)36-44-22-16-15-17-23-44)79(11)63(88)54(40(4)5)77-64(89)67(9,10)78-66(91)94-38-45-27-29-46(30-28-45)72-59(85)48(25-20-32-71-65(69)90)74-61(87)53(39(2)3)76-60(86)47(24-18-19-31-68)73-58(84)43(8)81/h15-17,22-23,27-30,33,35,39-43,47-51,53-56,81H,14,18-21,24-26,31-32,34,36-38,68H2,1-13H3,(H,72,85)(H,73,84)(H,74,87)(H,75,83)(H,76,86)(H,77,89)(H,78,91)(H3,69,71,90)/t41-,42+,43+,47-,48-,49-,50-,51+,53-,54-,55-,56+/m0/s1. The van der Waals surface area contributed by atoms with Crippen LogP contribution in [-0.2, 0) is 65.6 Å². The lowest BCUT2D eigenvalue weighted by Gasteiger charge is -2.41. The number of rotatable bonds is 39. The SMILES string of the molecule is CC[C@H](C)[C@@H]([C@@H](CC(=O)N1CCC[C@H]1[C@H](OC)[C@@H](C)C(=O)N[C@@H](Cc1ccccc1)c1nccs1)OC)N(C)C(=O)[C@@H](NC(=O)C(C)(C)NC(=O)OCc1ccc(NC(=O)[C@H](CCCNC(N)=O)NC(=O)[C@@H](NC(=O)[C@H](CCCCN)NC(=O)[C@@H](C)O)C(C)C)cc1)C(C)C. The molecule has 528 valence electrons. The number of nitrogens with two attached hydrogens (primary N) is 2. The molecule has 27 nitrogen and oxygen atoms in total. The predicted molar refractivity (Wildman–Crippen MR) is 361 cm³/mol. The first kappa shape index (κ1) is 79.6. The van der Waals surface area contributed by atoms with E-state index in [2.05, 4.69) is 47.5 Å². The lowest BCUT2D eigenvalue weighted by molar-refractivity contribution is -0.148. The van der Waals surface area contributed by atoms with E-state index >= 15 is 0 Å². The van der Waals surface area contributed by atoms with Gasteiger partial charge in [0.25, 0.3) is 0 Å². The summed E-state index contributed by atoms with van der Waals surface area (Å²) >= 11 is 1.47. The van der Waals surface area contributed by atoms with Gasteiger partial charge in [0.1, 0.15) is 47.4 Å². The van der Waals surface area contributed by atoms with E-state index in [4.69, 9.17) is 25.7 Å². The number of thiazole rings is 1. The van der Waals surface area contributed by atoms with E-state index in [1.54, 1.807) is 77.2 Å². The van der Waals surface area contributed by atoms with Crippen molar-refractivity contribution in [2.45, 2.75) is 206 Å². The highest BCUT2D eigenvalue weighted by atomic mass is 32.1. The van der Waals surface area contributed by atoms with Crippen molar-refractivity contribution >= 4 is 76.4 Å². The third-order valence-electron chi connectivity index (χ3n) is 17.2. The third-order valence-corrected chi connectivity index (χ3v) is 18.1. The van der Waals surface area contributed by atoms with Crippen LogP contribution in [0.25, 0.3) is 0 Å². The summed E-state index contributed by atoms with van der Waals surface area (Å²) < 4.78 is 17.7. The van der Waals surface area contributed by atoms with Crippen LogP contribution in [0.4, 0.5) is 15.3 Å². The normalized spacial score (nSPS) is 16.6. The van der Waals surface area contributed by atoms with Crippen molar-refractivity contribution in [3.63, 3.8) is 0 Å². The van der Waals surface area contributed by atoms with Gasteiger partial charge >= 0.3 is 12.1 Å². The van der Waals surface area contributed by atoms with Crippen molar-refractivity contribution in [1.29, 1.82) is 0 Å². The fourth-order valence-corrected chi connectivity index (χ4v) is 12.1. The van der Waals surface area contributed by atoms with E-state index in [-0.39, 0.29) is 62.6 Å². The number of unbranched alkanes of at least 4 members (excludes halogenated alkanes) is 1. The fourth-order valence-electron chi connectivity index (χ4n) is 11.4. The van der Waals surface area contributed by atoms with Crippen LogP contribution in [0.5, 0.6) is 0 Å². The Morgan fingerprint density at radius 1 is 0.768 bits per heavy atom. The number of nitrogens with one attached hydrogen (secondary N) is 8. The van der Waals surface area contributed by atoms with Gasteiger partial charge in [0.15, 0.2) is 0 Å². The lowest BCUT2D eigenvalue weighted by atomic mass is 9.89. The van der Waals surface area contributed by atoms with Gasteiger partial charge in [0.2, 0.25) is 47.3 Å². The van der Waals surface area contributed by atoms with Gasteiger partial charge in [-0.1, -0.05) is 97.4 Å². The quantitative estimate of drug-likeness (QED) is 0.0354. The highest BCUT2D eigenvalue weighted by molar-refractivity contribution is 7.09. The number of likely N-dealkylation sites (N-methyl/N-ethyl adjacent to an activating group) is 1. The summed E-state index contributed by atoms with van der Waals surface area (Å²) in [6.45, 7) is 17.5. The molecule has 28 heteroatoms. The van der Waals surface area contributed by atoms with Gasteiger partial charge in [-0.05, 0) is 120 Å². The molecule has 0 radical (unpaired) electrons. The number of aliphatic hydroxyl groups is 1. The Hall–Kier alpha value is -7.79. The highest BCUT2D eigenvalue weighted by Crippen LogP contribution is 2.31. The first-order valence-electron chi connectivity index (χ1n) is 32.8. The second-order valence-electron chi connectivity index (χ2n) is 25.7. The first-order valence-corrected chi connectivity index (χ1v) is 33.7. The molecule has 11 amide bonds. The number of amides is 11. The zero-order valence-electron chi connectivity index (χ0n) is 57.5. The van der Waals surface area contributed by atoms with Crippen LogP contribution in [0, 0.1) is 23.7 Å². The number of ether oxygens (including phenoxy) is 3. The molecule has 1 saturated heterocycles. The topological polar surface area (TPSA) is 386 Å². The Morgan fingerprint density at radius 3 is 1.99 bits per heavy atom. The number of anilines is 1. The predicted octanol–water partition coefficient (Wildman–Crippen LogP) is 4.32. The van der Waals surface area contributed by atoms with Crippen molar-refractivity contribution in [1.82, 2.24) is 52.0 Å². The maximum Gasteiger partial charge on any atom is 0.408 e. The molecule has 2 heterocycles. The van der Waals surface area contributed by atoms with Crippen LogP contribution in [0.1, 0.15) is 149 Å². The number of aromatic nitrogens is 1. The zero-order valence-corrected chi connectivity index (χ0v) is 58.3. The van der Waals surface area contributed by atoms with Crippen molar-refractivity contribution in [3.8, 4) is 0 Å². The average molecular weight is 1350 g/mol. The number of likely N-dealkylation sites (tertiary alicyclic amines) is 1. The van der Waals surface area contributed by atoms with Crippen LogP contribution in [-0.4, -0.2) is 180 Å². The minimum absolute atomic E-state index is 0.0375. The van der Waals surface area contributed by atoms with Crippen molar-refractivity contribution in [2.24, 2.45) is 35.1 Å². The molecule has 2 aromatic carbocycles. The number of aliphatic hydroxyl groups excluding tert-OH is 1. The molecule has 1 aromatic heterocycles. The van der Waals surface area contributed by atoms with Crippen molar-refractivity contribution in [3.05, 3.63) is 82.3 Å². The molecule has 13 N–H and O–H groups in total. The number of nitrogens with zero attached hydrogens (tertiary/aromatic N) is 3. The van der Waals surface area contributed by atoms with Gasteiger partial charge in [-0.15, -0.1) is 11.3 Å². The molecule has 1 aliphatic rings. The maximum atomic E-state index is 14.7. The van der Waals surface area contributed by atoms with Gasteiger partial charge in [-0.3, -0.25) is 38.4 Å². The summed E-state index contributed by atoms with van der Waals surface area (Å²) in [5.74, 6) is -6.06. The first-order chi connectivity index (χ1) is 45.0. The number of primary amides is 1. The molecule has 12 atom stereocenters. The molecule has 4 rings (SSSR count). The number of benzene rings is 2. The Balaban J connectivity index is 1.38. The summed E-state index contributed by atoms with van der Waals surface area (Å²) in [4.78, 5) is 144. The van der Waals surface area contributed by atoms with E-state index in [0.717, 1.165) is 10.6 Å². The summed E-state index contributed by atoms with van der Waals surface area (Å²) in [5.41, 5.74) is 11.1. The Labute approximate surface area is 563 Å². The Morgan fingerprint density at radius 2 is 1.41 bits per heavy atom. The second-order valence-corrected chi connectivity index (χ2v) is 26.6. The summed E-state index contributed by atoms with van der Waals surface area (Å²) in [6, 6.07) is 9.42. The number of urea groups is 1. The minimum Gasteiger partial charge on any atom is -0.445 e. The summed E-state index contributed by atoms with van der Waals surface area (Å²) in [5, 5.41) is 34.2. The molecule has 1 fully saturated rings. The number of hydrogen-bond donors (Lipinski definition) is 11. The largest absolute Gasteiger partial charge is 0.445 e. The molecular weight excluding hydrogens is 1240 g/mol. The molecule has 3 aromatic rings. The molecule has 0 unspecified atom stereocenters. The monoisotopic (exact) mass is 1350 g/mol. The molecule has 0 aliphatic carbocycles.